The first-order chi connectivity index (χ1) is 25.0. The average molecular weight is 704 g/mol. The van der Waals surface area contributed by atoms with Gasteiger partial charge in [-0.15, -0.1) is 0 Å². The molecule has 4 amide bonds. The number of aromatic amines is 3. The first kappa shape index (κ1) is 30.4. The Morgan fingerprint density at radius 1 is 0.885 bits per heavy atom. The zero-order valence-electron chi connectivity index (χ0n) is 28.4. The van der Waals surface area contributed by atoms with E-state index < -0.39 is 11.9 Å². The van der Waals surface area contributed by atoms with Crippen LogP contribution in [0.3, 0.4) is 0 Å². The molecule has 1 spiro atoms. The Morgan fingerprint density at radius 3 is 2.02 bits per heavy atom. The molecule has 5 aromatic rings. The minimum atomic E-state index is -0.684. The van der Waals surface area contributed by atoms with Gasteiger partial charge in [-0.3, -0.25) is 19.3 Å². The third-order valence-corrected chi connectivity index (χ3v) is 11.8. The van der Waals surface area contributed by atoms with Crippen molar-refractivity contribution in [2.45, 2.75) is 31.6 Å². The van der Waals surface area contributed by atoms with Gasteiger partial charge in [0, 0.05) is 53.8 Å². The van der Waals surface area contributed by atoms with E-state index in [0.29, 0.717) is 76.1 Å². The third kappa shape index (κ3) is 3.54. The number of nitrogens with one attached hydrogen (secondary N) is 3. The normalized spacial score (nSPS) is 20.9. The fraction of sp³-hybridized carbons (Fsp3) is 0.297. The molecule has 3 aromatic heterocycles. The molecule has 2 fully saturated rings. The SMILES string of the molecule is COc1c2c(c3cc(C(=O)N4CCc5c4c(OC)c(O)c4[nH]c(C(=O)N6CC7C[C@@]78C6=CC(=O)c6[nH]cc(C)c68)cc54)[nH]c3c1O)CCN2C(N)=O. The van der Waals surface area contributed by atoms with Crippen molar-refractivity contribution in [1.29, 1.82) is 0 Å². The molecule has 2 atom stereocenters. The largest absolute Gasteiger partial charge is 0.503 e. The number of benzene rings is 2. The number of methoxy groups -OCH3 is 2. The number of anilines is 2. The van der Waals surface area contributed by atoms with Crippen molar-refractivity contribution in [3.05, 3.63) is 69.4 Å². The van der Waals surface area contributed by atoms with Crippen molar-refractivity contribution in [3.8, 4) is 23.0 Å². The van der Waals surface area contributed by atoms with Gasteiger partial charge in [-0.1, -0.05) is 0 Å². The molecular weight excluding hydrogens is 670 g/mol. The van der Waals surface area contributed by atoms with Gasteiger partial charge in [0.1, 0.15) is 11.4 Å². The average Bonchev–Trinajstić information content (AvgIpc) is 3.85. The number of carbonyl (C=O) groups is 4. The summed E-state index contributed by atoms with van der Waals surface area (Å²) in [5.41, 5.74) is 11.7. The highest BCUT2D eigenvalue weighted by molar-refractivity contribution is 6.15. The van der Waals surface area contributed by atoms with E-state index in [4.69, 9.17) is 15.2 Å². The van der Waals surface area contributed by atoms with Crippen LogP contribution >= 0.6 is 0 Å². The van der Waals surface area contributed by atoms with Crippen LogP contribution < -0.4 is 25.0 Å². The van der Waals surface area contributed by atoms with Crippen molar-refractivity contribution < 1.29 is 38.9 Å². The number of rotatable bonds is 4. The van der Waals surface area contributed by atoms with E-state index in [1.807, 2.05) is 13.1 Å². The third-order valence-electron chi connectivity index (χ3n) is 11.8. The highest BCUT2D eigenvalue weighted by atomic mass is 16.5. The van der Waals surface area contributed by atoms with Crippen LogP contribution in [0.4, 0.5) is 16.2 Å². The lowest BCUT2D eigenvalue weighted by Gasteiger charge is -2.28. The standard InChI is InChI=1S/C37H33N7O8/c1-14-12-39-27-22(45)10-23-37(24(14)27)11-15(37)13-44(23)35(49)21-9-18-16-4-6-42(28(16)32(51-2)30(46)25(18)41-21)34(48)20-8-19-17-5-7-43(36(38)50)29(17)33(52-3)31(47)26(19)40-20/h8-10,12,15,39-41,46-47H,4-7,11,13H2,1-3H3,(H2,38,50)/t15?,37-/m0/s1. The van der Waals surface area contributed by atoms with E-state index in [1.54, 1.807) is 23.1 Å². The lowest BCUT2D eigenvalue weighted by Crippen LogP contribution is -2.34. The summed E-state index contributed by atoms with van der Waals surface area (Å²) in [6.07, 6.45) is 5.15. The second kappa shape index (κ2) is 9.90. The molecule has 264 valence electrons. The second-order valence-electron chi connectivity index (χ2n) is 14.2. The number of phenolic OH excluding ortho intramolecular Hbond substituents is 2. The number of ether oxygens (including phenoxy) is 2. The minimum absolute atomic E-state index is 0.0743. The minimum Gasteiger partial charge on any atom is -0.503 e. The molecule has 6 heterocycles. The maximum atomic E-state index is 14.3. The number of hydrogen-bond acceptors (Lipinski definition) is 8. The Labute approximate surface area is 294 Å². The van der Waals surface area contributed by atoms with Gasteiger partial charge < -0.3 is 50.2 Å². The van der Waals surface area contributed by atoms with Crippen LogP contribution in [0.1, 0.15) is 60.1 Å². The summed E-state index contributed by atoms with van der Waals surface area (Å²) >= 11 is 0. The number of primary amides is 1. The summed E-state index contributed by atoms with van der Waals surface area (Å²) in [7, 11) is 2.78. The van der Waals surface area contributed by atoms with Crippen LogP contribution in [0, 0.1) is 12.8 Å². The summed E-state index contributed by atoms with van der Waals surface area (Å²) in [4.78, 5) is 67.5. The number of likely N-dealkylation sites (tertiary alicyclic amines) is 1. The molecule has 0 bridgehead atoms. The van der Waals surface area contributed by atoms with E-state index in [9.17, 15) is 29.4 Å². The maximum absolute atomic E-state index is 14.3. The smallest absolute Gasteiger partial charge is 0.319 e. The summed E-state index contributed by atoms with van der Waals surface area (Å²) in [5, 5.41) is 23.8. The number of aromatic nitrogens is 3. The van der Waals surface area contributed by atoms with Crippen molar-refractivity contribution in [1.82, 2.24) is 19.9 Å². The van der Waals surface area contributed by atoms with Crippen molar-refractivity contribution >= 4 is 56.8 Å². The van der Waals surface area contributed by atoms with E-state index in [-0.39, 0.29) is 69.5 Å². The van der Waals surface area contributed by atoms with Crippen LogP contribution in [-0.2, 0) is 18.3 Å². The number of urea groups is 1. The van der Waals surface area contributed by atoms with Crippen LogP contribution in [-0.4, -0.2) is 87.5 Å². The summed E-state index contributed by atoms with van der Waals surface area (Å²) < 4.78 is 11.2. The lowest BCUT2D eigenvalue weighted by atomic mass is 9.83. The number of ketones is 1. The molecule has 2 aromatic carbocycles. The van der Waals surface area contributed by atoms with Crippen LogP contribution in [0.15, 0.2) is 30.1 Å². The maximum Gasteiger partial charge on any atom is 0.319 e. The van der Waals surface area contributed by atoms with Gasteiger partial charge in [0.15, 0.2) is 23.0 Å². The fourth-order valence-electron chi connectivity index (χ4n) is 9.56. The van der Waals surface area contributed by atoms with Crippen molar-refractivity contribution in [2.75, 3.05) is 43.7 Å². The monoisotopic (exact) mass is 703 g/mol. The summed E-state index contributed by atoms with van der Waals surface area (Å²) in [5.74, 6) is -1.06. The van der Waals surface area contributed by atoms with Crippen molar-refractivity contribution in [3.63, 3.8) is 0 Å². The highest BCUT2D eigenvalue weighted by Crippen LogP contribution is 2.67. The molecule has 1 unspecified atom stereocenters. The fourth-order valence-corrected chi connectivity index (χ4v) is 9.56. The zero-order chi connectivity index (χ0) is 36.1. The van der Waals surface area contributed by atoms with E-state index in [0.717, 1.165) is 17.5 Å². The number of aryl methyl sites for hydroxylation is 1. The molecule has 0 radical (unpaired) electrons. The van der Waals surface area contributed by atoms with E-state index in [2.05, 4.69) is 15.0 Å². The number of phenols is 2. The van der Waals surface area contributed by atoms with Crippen LogP contribution in [0.25, 0.3) is 21.8 Å². The molecule has 2 aliphatic carbocycles. The number of hydrogen-bond donors (Lipinski definition) is 6. The molecule has 5 aliphatic rings. The molecule has 1 saturated carbocycles. The second-order valence-corrected chi connectivity index (χ2v) is 14.2. The number of carbonyl (C=O) groups excluding carboxylic acids is 4. The first-order valence-electron chi connectivity index (χ1n) is 17.0. The van der Waals surface area contributed by atoms with Gasteiger partial charge in [0.2, 0.25) is 5.78 Å². The molecule has 52 heavy (non-hydrogen) atoms. The molecule has 1 saturated heterocycles. The topological polar surface area (TPSA) is 210 Å². The van der Waals surface area contributed by atoms with Gasteiger partial charge in [-0.2, -0.15) is 0 Å². The molecule has 15 heteroatoms. The molecule has 7 N–H and O–H groups in total. The summed E-state index contributed by atoms with van der Waals surface area (Å²) in [6.45, 7) is 3.00. The van der Waals surface area contributed by atoms with Gasteiger partial charge >= 0.3 is 6.03 Å². The van der Waals surface area contributed by atoms with Gasteiger partial charge in [0.25, 0.3) is 11.8 Å². The predicted octanol–water partition coefficient (Wildman–Crippen LogP) is 3.85. The number of nitrogens with two attached hydrogens (primary N) is 1. The Kier molecular flexibility index (Phi) is 5.79. The predicted molar refractivity (Wildman–Crippen MR) is 188 cm³/mol. The number of aromatic hydroxyl groups is 2. The number of nitrogens with zero attached hydrogens (tertiary/aromatic N) is 3. The zero-order valence-corrected chi connectivity index (χ0v) is 28.4. The molecule has 3 aliphatic heterocycles. The lowest BCUT2D eigenvalue weighted by molar-refractivity contribution is 0.0806. The Morgan fingerprint density at radius 2 is 1.44 bits per heavy atom. The first-order valence-corrected chi connectivity index (χ1v) is 17.0. The van der Waals surface area contributed by atoms with Crippen molar-refractivity contribution in [2.24, 2.45) is 11.7 Å². The van der Waals surface area contributed by atoms with E-state index >= 15 is 0 Å². The van der Waals surface area contributed by atoms with Gasteiger partial charge in [0.05, 0.1) is 42.3 Å². The molecule has 10 rings (SSSR count). The van der Waals surface area contributed by atoms with Gasteiger partial charge in [-0.05, 0) is 66.5 Å². The Bertz CT molecular complexity index is 2570. The van der Waals surface area contributed by atoms with Gasteiger partial charge in [-0.25, -0.2) is 4.79 Å². The quantitative estimate of drug-likeness (QED) is 0.162. The number of piperidine rings is 1. The highest BCUT2D eigenvalue weighted by Gasteiger charge is 2.68. The molecular formula is C37H33N7O8. The Balaban J connectivity index is 1.03. The number of allylic oxidation sites excluding steroid dienone is 2. The number of fused-ring (bicyclic) bond motifs is 7. The van der Waals surface area contributed by atoms with E-state index in [1.165, 1.54) is 24.0 Å². The Hall–Kier alpha value is -6.38. The van der Waals surface area contributed by atoms with Crippen LogP contribution in [0.5, 0.6) is 23.0 Å². The number of amides is 4. The summed E-state index contributed by atoms with van der Waals surface area (Å²) in [6, 6.07) is 2.64. The number of H-pyrrole nitrogens is 3. The van der Waals surface area contributed by atoms with Crippen LogP contribution in [0.2, 0.25) is 0 Å². The molecule has 15 nitrogen and oxygen atoms in total.